The maximum Gasteiger partial charge on any atom is 0.267 e. The smallest absolute Gasteiger partial charge is 0.267 e. The van der Waals surface area contributed by atoms with Crippen LogP contribution in [0, 0.1) is 0 Å². The highest BCUT2D eigenvalue weighted by molar-refractivity contribution is 7.99. The number of rotatable bonds is 5. The van der Waals surface area contributed by atoms with E-state index in [1.165, 1.54) is 24.4 Å². The number of carbonyl (C=O) groups is 1. The van der Waals surface area contributed by atoms with Crippen LogP contribution in [0.25, 0.3) is 0 Å². The number of piperidine rings is 1. The second-order valence-corrected chi connectivity index (χ2v) is 7.66. The molecule has 138 valence electrons. The fourth-order valence-electron chi connectivity index (χ4n) is 3.58. The zero-order valence-corrected chi connectivity index (χ0v) is 15.3. The van der Waals surface area contributed by atoms with Gasteiger partial charge < -0.3 is 9.73 Å². The number of furan rings is 1. The highest BCUT2D eigenvalue weighted by Crippen LogP contribution is 2.25. The molecule has 0 unspecified atom stereocenters. The van der Waals surface area contributed by atoms with Gasteiger partial charge in [0.25, 0.3) is 11.5 Å². The zero-order valence-electron chi connectivity index (χ0n) is 14.5. The first-order chi connectivity index (χ1) is 12.7. The molecule has 4 rings (SSSR count). The number of nitrogens with one attached hydrogen (secondary N) is 1. The average molecular weight is 374 g/mol. The highest BCUT2D eigenvalue weighted by atomic mass is 32.2. The molecule has 2 aromatic rings. The van der Waals surface area contributed by atoms with E-state index >= 15 is 0 Å². The highest BCUT2D eigenvalue weighted by Gasteiger charge is 2.26. The average Bonchev–Trinajstić information content (AvgIpc) is 3.35. The van der Waals surface area contributed by atoms with Crippen LogP contribution in [0.3, 0.4) is 0 Å². The van der Waals surface area contributed by atoms with Gasteiger partial charge in [-0.15, -0.1) is 0 Å². The van der Waals surface area contributed by atoms with Gasteiger partial charge in [-0.2, -0.15) is 0 Å². The number of nitrogens with zero attached hydrogens (tertiary/aromatic N) is 3. The molecule has 0 saturated carbocycles. The molecule has 0 spiro atoms. The molecule has 1 atom stereocenters. The molecule has 0 radical (unpaired) electrons. The van der Waals surface area contributed by atoms with Crippen molar-refractivity contribution in [3.8, 4) is 0 Å². The molecule has 1 fully saturated rings. The van der Waals surface area contributed by atoms with Crippen molar-refractivity contribution in [2.75, 3.05) is 25.4 Å². The molecule has 1 saturated heterocycles. The number of likely N-dealkylation sites (tertiary alicyclic amines) is 1. The molecule has 1 N–H and O–H groups in total. The number of thioether (sulfide) groups is 1. The van der Waals surface area contributed by atoms with Gasteiger partial charge in [0.2, 0.25) is 0 Å². The van der Waals surface area contributed by atoms with Crippen molar-refractivity contribution in [3.63, 3.8) is 0 Å². The number of fused-ring (bicyclic) bond motifs is 1. The Morgan fingerprint density at radius 1 is 1.31 bits per heavy atom. The van der Waals surface area contributed by atoms with Crippen molar-refractivity contribution in [2.45, 2.75) is 37.0 Å². The van der Waals surface area contributed by atoms with Gasteiger partial charge in [0.1, 0.15) is 11.3 Å². The van der Waals surface area contributed by atoms with Crippen LogP contribution in [0.4, 0.5) is 0 Å². The van der Waals surface area contributed by atoms with Crippen LogP contribution >= 0.6 is 11.8 Å². The quantitative estimate of drug-likeness (QED) is 0.805. The van der Waals surface area contributed by atoms with E-state index in [-0.39, 0.29) is 23.1 Å². The number of hydrogen-bond acceptors (Lipinski definition) is 6. The van der Waals surface area contributed by atoms with Crippen LogP contribution in [0.15, 0.2) is 39.0 Å². The second kappa shape index (κ2) is 7.67. The van der Waals surface area contributed by atoms with Gasteiger partial charge in [0.15, 0.2) is 5.16 Å². The lowest BCUT2D eigenvalue weighted by molar-refractivity contribution is 0.0911. The Kier molecular flexibility index (Phi) is 5.12. The molecule has 4 heterocycles. The lowest BCUT2D eigenvalue weighted by Gasteiger charge is -2.33. The maximum atomic E-state index is 12.6. The zero-order chi connectivity index (χ0) is 17.9. The van der Waals surface area contributed by atoms with E-state index in [9.17, 15) is 9.59 Å². The number of hydrogen-bond donors (Lipinski definition) is 1. The first-order valence-corrected chi connectivity index (χ1v) is 10.0. The Balaban J connectivity index is 1.49. The van der Waals surface area contributed by atoms with Crippen LogP contribution in [0.1, 0.15) is 41.4 Å². The Morgan fingerprint density at radius 2 is 2.15 bits per heavy atom. The molecular formula is C18H22N4O3S. The number of carbonyl (C=O) groups excluding carboxylic acids is 1. The van der Waals surface area contributed by atoms with E-state index < -0.39 is 0 Å². The summed E-state index contributed by atoms with van der Waals surface area (Å²) in [7, 11) is 0. The molecule has 0 aromatic carbocycles. The minimum atomic E-state index is -0.372. The summed E-state index contributed by atoms with van der Waals surface area (Å²) in [4.78, 5) is 31.7. The number of amides is 1. The topological polar surface area (TPSA) is 80.4 Å². The summed E-state index contributed by atoms with van der Waals surface area (Å²) in [5, 5.41) is 3.60. The molecule has 0 bridgehead atoms. The number of aromatic nitrogens is 2. The van der Waals surface area contributed by atoms with Gasteiger partial charge in [0, 0.05) is 25.0 Å². The fourth-order valence-corrected chi connectivity index (χ4v) is 4.49. The van der Waals surface area contributed by atoms with Gasteiger partial charge in [-0.25, -0.2) is 4.98 Å². The second-order valence-electron chi connectivity index (χ2n) is 6.60. The lowest BCUT2D eigenvalue weighted by Crippen LogP contribution is -2.42. The molecule has 1 amide bonds. The van der Waals surface area contributed by atoms with E-state index in [0.29, 0.717) is 18.2 Å². The van der Waals surface area contributed by atoms with Gasteiger partial charge in [0.05, 0.1) is 12.3 Å². The fraction of sp³-hybridized carbons (Fsp3) is 0.500. The molecule has 0 aliphatic carbocycles. The summed E-state index contributed by atoms with van der Waals surface area (Å²) < 4.78 is 7.17. The predicted molar refractivity (Wildman–Crippen MR) is 98.4 cm³/mol. The lowest BCUT2D eigenvalue weighted by atomic mass is 10.1. The van der Waals surface area contributed by atoms with Gasteiger partial charge >= 0.3 is 0 Å². The van der Waals surface area contributed by atoms with Crippen molar-refractivity contribution in [1.29, 1.82) is 0 Å². The molecule has 26 heavy (non-hydrogen) atoms. The maximum absolute atomic E-state index is 12.6. The summed E-state index contributed by atoms with van der Waals surface area (Å²) in [5.74, 6) is 1.29. The van der Waals surface area contributed by atoms with Crippen molar-refractivity contribution in [1.82, 2.24) is 19.8 Å². The molecule has 2 aliphatic rings. The third-order valence-corrected chi connectivity index (χ3v) is 5.93. The van der Waals surface area contributed by atoms with Gasteiger partial charge in [-0.05, 0) is 38.1 Å². The van der Waals surface area contributed by atoms with Gasteiger partial charge in [-0.3, -0.25) is 19.1 Å². The van der Waals surface area contributed by atoms with E-state index in [2.05, 4.69) is 15.2 Å². The minimum absolute atomic E-state index is 0.0186. The van der Waals surface area contributed by atoms with E-state index in [1.54, 1.807) is 10.8 Å². The summed E-state index contributed by atoms with van der Waals surface area (Å²) in [6, 6.07) is 3.78. The Labute approximate surface area is 155 Å². The monoisotopic (exact) mass is 374 g/mol. The minimum Gasteiger partial charge on any atom is -0.468 e. The molecule has 2 aliphatic heterocycles. The normalized spacial score (nSPS) is 18.5. The van der Waals surface area contributed by atoms with Crippen molar-refractivity contribution in [2.24, 2.45) is 0 Å². The summed E-state index contributed by atoms with van der Waals surface area (Å²) in [6.07, 6.45) is 6.59. The molecule has 8 heteroatoms. The Bertz CT molecular complexity index is 827. The summed E-state index contributed by atoms with van der Waals surface area (Å²) in [5.41, 5.74) is -0.155. The summed E-state index contributed by atoms with van der Waals surface area (Å²) >= 11 is 1.54. The molecular weight excluding hydrogens is 352 g/mol. The first-order valence-electron chi connectivity index (χ1n) is 9.02. The van der Waals surface area contributed by atoms with Crippen molar-refractivity contribution in [3.05, 3.63) is 46.3 Å². The van der Waals surface area contributed by atoms with Crippen LogP contribution in [0.5, 0.6) is 0 Å². The van der Waals surface area contributed by atoms with Crippen LogP contribution in [0.2, 0.25) is 0 Å². The van der Waals surface area contributed by atoms with Crippen molar-refractivity contribution >= 4 is 17.7 Å². The third-order valence-electron chi connectivity index (χ3n) is 4.96. The Hall–Kier alpha value is -2.06. The Morgan fingerprint density at radius 3 is 2.92 bits per heavy atom. The van der Waals surface area contributed by atoms with Crippen molar-refractivity contribution < 1.29 is 9.21 Å². The molecule has 7 nitrogen and oxygen atoms in total. The standard InChI is InChI=1S/C18H22N4O3S/c23-16(13-11-20-18-22(17(13)24)8-10-26-18)19-12-14(15-5-4-9-25-15)21-6-2-1-3-7-21/h4-5,9,11,14H,1-3,6-8,10,12H2,(H,19,23)/t14-/m0/s1. The third kappa shape index (κ3) is 3.43. The van der Waals surface area contributed by atoms with Crippen LogP contribution in [-0.2, 0) is 6.54 Å². The van der Waals surface area contributed by atoms with E-state index in [0.717, 1.165) is 37.4 Å². The predicted octanol–water partition coefficient (Wildman–Crippen LogP) is 1.90. The van der Waals surface area contributed by atoms with E-state index in [4.69, 9.17) is 4.42 Å². The largest absolute Gasteiger partial charge is 0.468 e. The van der Waals surface area contributed by atoms with Gasteiger partial charge in [-0.1, -0.05) is 18.2 Å². The molecule has 2 aromatic heterocycles. The summed E-state index contributed by atoms with van der Waals surface area (Å²) in [6.45, 7) is 2.99. The van der Waals surface area contributed by atoms with E-state index in [1.807, 2.05) is 12.1 Å². The SMILES string of the molecule is O=C(NC[C@@H](c1ccco1)N1CCCCC1)c1cnc2n(c1=O)CCS2. The van der Waals surface area contributed by atoms with Crippen LogP contribution < -0.4 is 10.9 Å². The van der Waals surface area contributed by atoms with Crippen LogP contribution in [-0.4, -0.2) is 45.7 Å². The first kappa shape index (κ1) is 17.4.